The maximum Gasteiger partial charge on any atom is 0.277 e. The number of fused-ring (bicyclic) bond motifs is 1. The van der Waals surface area contributed by atoms with E-state index in [1.165, 1.54) is 0 Å². The minimum Gasteiger partial charge on any atom is -0.484 e. The van der Waals surface area contributed by atoms with E-state index in [0.29, 0.717) is 5.75 Å². The van der Waals surface area contributed by atoms with Crippen LogP contribution in [-0.4, -0.2) is 18.2 Å². The van der Waals surface area contributed by atoms with Crippen molar-refractivity contribution in [3.63, 3.8) is 0 Å². The fraction of sp³-hybridized carbons (Fsp3) is 0.143. The Hall–Kier alpha value is -3.14. The number of hydrazone groups is 1. The molecule has 0 atom stereocenters. The van der Waals surface area contributed by atoms with Crippen LogP contribution in [0.3, 0.4) is 0 Å². The molecule has 0 saturated carbocycles. The van der Waals surface area contributed by atoms with Gasteiger partial charge < -0.3 is 4.74 Å². The van der Waals surface area contributed by atoms with Gasteiger partial charge in [-0.05, 0) is 34.9 Å². The molecule has 3 rings (SSSR count). The zero-order valence-corrected chi connectivity index (χ0v) is 14.1. The molecule has 0 unspecified atom stereocenters. The van der Waals surface area contributed by atoms with Crippen LogP contribution in [0.15, 0.2) is 77.9 Å². The molecule has 3 aromatic carbocycles. The Morgan fingerprint density at radius 3 is 2.44 bits per heavy atom. The van der Waals surface area contributed by atoms with Crippen LogP contribution in [0.25, 0.3) is 10.8 Å². The monoisotopic (exact) mass is 332 g/mol. The zero-order chi connectivity index (χ0) is 17.5. The van der Waals surface area contributed by atoms with Crippen LogP contribution < -0.4 is 10.2 Å². The van der Waals surface area contributed by atoms with Crippen LogP contribution in [0.2, 0.25) is 0 Å². The van der Waals surface area contributed by atoms with E-state index in [1.807, 2.05) is 79.7 Å². The highest BCUT2D eigenvalue weighted by molar-refractivity contribution is 6.00. The molecule has 0 aliphatic heterocycles. The minimum absolute atomic E-state index is 0.0758. The van der Waals surface area contributed by atoms with Crippen LogP contribution >= 0.6 is 0 Å². The van der Waals surface area contributed by atoms with Crippen LogP contribution in [0.1, 0.15) is 18.9 Å². The Morgan fingerprint density at radius 1 is 0.960 bits per heavy atom. The Balaban J connectivity index is 1.59. The molecule has 0 fully saturated rings. The molecule has 3 aromatic rings. The van der Waals surface area contributed by atoms with Gasteiger partial charge in [-0.15, -0.1) is 0 Å². The Kier molecular flexibility index (Phi) is 5.42. The van der Waals surface area contributed by atoms with Crippen LogP contribution in [0.5, 0.6) is 5.75 Å². The van der Waals surface area contributed by atoms with Crippen molar-refractivity contribution in [3.05, 3.63) is 78.4 Å². The fourth-order valence-electron chi connectivity index (χ4n) is 2.55. The summed E-state index contributed by atoms with van der Waals surface area (Å²) in [5.41, 5.74) is 4.40. The van der Waals surface area contributed by atoms with Gasteiger partial charge in [0.1, 0.15) is 5.75 Å². The SMILES string of the molecule is CCC(=NNC(=O)COc1ccc2ccccc2c1)c1ccccc1. The molecular formula is C21H20N2O2. The highest BCUT2D eigenvalue weighted by Crippen LogP contribution is 2.20. The van der Waals surface area contributed by atoms with E-state index < -0.39 is 0 Å². The van der Waals surface area contributed by atoms with Gasteiger partial charge in [-0.25, -0.2) is 5.43 Å². The minimum atomic E-state index is -0.282. The van der Waals surface area contributed by atoms with Gasteiger partial charge in [0.2, 0.25) is 0 Å². The topological polar surface area (TPSA) is 50.7 Å². The summed E-state index contributed by atoms with van der Waals surface area (Å²) in [6.07, 6.45) is 0.732. The molecule has 0 spiro atoms. The van der Waals surface area contributed by atoms with Crippen molar-refractivity contribution in [1.29, 1.82) is 0 Å². The average molecular weight is 332 g/mol. The van der Waals surface area contributed by atoms with Crippen molar-refractivity contribution in [2.45, 2.75) is 13.3 Å². The van der Waals surface area contributed by atoms with Gasteiger partial charge in [0, 0.05) is 0 Å². The van der Waals surface area contributed by atoms with Gasteiger partial charge in [-0.2, -0.15) is 5.10 Å². The van der Waals surface area contributed by atoms with E-state index in [1.54, 1.807) is 0 Å². The predicted octanol–water partition coefficient (Wildman–Crippen LogP) is 4.15. The quantitative estimate of drug-likeness (QED) is 0.544. The number of nitrogens with zero attached hydrogens (tertiary/aromatic N) is 1. The highest BCUT2D eigenvalue weighted by Gasteiger charge is 2.05. The number of rotatable bonds is 6. The number of nitrogens with one attached hydrogen (secondary N) is 1. The first-order valence-electron chi connectivity index (χ1n) is 8.28. The lowest BCUT2D eigenvalue weighted by Gasteiger charge is -2.08. The molecule has 4 nitrogen and oxygen atoms in total. The van der Waals surface area contributed by atoms with Gasteiger partial charge in [0.05, 0.1) is 5.71 Å². The predicted molar refractivity (Wildman–Crippen MR) is 101 cm³/mol. The average Bonchev–Trinajstić information content (AvgIpc) is 2.67. The Bertz CT molecular complexity index is 889. The molecule has 1 N–H and O–H groups in total. The van der Waals surface area contributed by atoms with Gasteiger partial charge in [0.15, 0.2) is 6.61 Å². The first-order valence-corrected chi connectivity index (χ1v) is 8.28. The number of ether oxygens (including phenoxy) is 1. The third kappa shape index (κ3) is 4.44. The smallest absolute Gasteiger partial charge is 0.277 e. The number of carbonyl (C=O) groups is 1. The number of hydrogen-bond donors (Lipinski definition) is 1. The molecule has 0 aliphatic carbocycles. The molecule has 4 heteroatoms. The molecule has 0 radical (unpaired) electrons. The molecule has 0 saturated heterocycles. The highest BCUT2D eigenvalue weighted by atomic mass is 16.5. The number of carbonyl (C=O) groups excluding carboxylic acids is 1. The van der Waals surface area contributed by atoms with E-state index in [-0.39, 0.29) is 12.5 Å². The van der Waals surface area contributed by atoms with E-state index in [0.717, 1.165) is 28.5 Å². The van der Waals surface area contributed by atoms with Crippen molar-refractivity contribution in [2.75, 3.05) is 6.61 Å². The molecule has 126 valence electrons. The summed E-state index contributed by atoms with van der Waals surface area (Å²) < 4.78 is 5.57. The number of hydrogen-bond acceptors (Lipinski definition) is 3. The second kappa shape index (κ2) is 8.11. The normalized spacial score (nSPS) is 11.3. The summed E-state index contributed by atoms with van der Waals surface area (Å²) in [5.74, 6) is 0.381. The first-order chi connectivity index (χ1) is 12.3. The van der Waals surface area contributed by atoms with Gasteiger partial charge in [0.25, 0.3) is 5.91 Å². The largest absolute Gasteiger partial charge is 0.484 e. The summed E-state index contributed by atoms with van der Waals surface area (Å²) in [6, 6.07) is 23.6. The van der Waals surface area contributed by atoms with Crippen molar-refractivity contribution in [3.8, 4) is 5.75 Å². The first kappa shape index (κ1) is 16.7. The summed E-state index contributed by atoms with van der Waals surface area (Å²) in [5, 5.41) is 6.43. The molecule has 0 aliphatic rings. The number of benzene rings is 3. The summed E-state index contributed by atoms with van der Waals surface area (Å²) >= 11 is 0. The lowest BCUT2D eigenvalue weighted by atomic mass is 10.1. The van der Waals surface area contributed by atoms with Crippen LogP contribution in [-0.2, 0) is 4.79 Å². The molecule has 0 bridgehead atoms. The maximum atomic E-state index is 12.0. The third-order valence-electron chi connectivity index (χ3n) is 3.85. The van der Waals surface area contributed by atoms with Crippen LogP contribution in [0.4, 0.5) is 0 Å². The van der Waals surface area contributed by atoms with E-state index in [9.17, 15) is 4.79 Å². The van der Waals surface area contributed by atoms with E-state index in [4.69, 9.17) is 4.74 Å². The zero-order valence-electron chi connectivity index (χ0n) is 14.1. The summed E-state index contributed by atoms with van der Waals surface area (Å²) in [6.45, 7) is 1.93. The lowest BCUT2D eigenvalue weighted by molar-refractivity contribution is -0.123. The molecule has 25 heavy (non-hydrogen) atoms. The van der Waals surface area contributed by atoms with Crippen molar-refractivity contribution in [2.24, 2.45) is 5.10 Å². The van der Waals surface area contributed by atoms with Crippen LogP contribution in [0, 0.1) is 0 Å². The molecular weight excluding hydrogens is 312 g/mol. The van der Waals surface area contributed by atoms with Gasteiger partial charge >= 0.3 is 0 Å². The van der Waals surface area contributed by atoms with Gasteiger partial charge in [-0.1, -0.05) is 67.6 Å². The van der Waals surface area contributed by atoms with Gasteiger partial charge in [-0.3, -0.25) is 4.79 Å². The summed E-state index contributed by atoms with van der Waals surface area (Å²) in [7, 11) is 0. The van der Waals surface area contributed by atoms with Crippen molar-refractivity contribution < 1.29 is 9.53 Å². The summed E-state index contributed by atoms with van der Waals surface area (Å²) in [4.78, 5) is 12.0. The number of amides is 1. The maximum absolute atomic E-state index is 12.0. The third-order valence-corrected chi connectivity index (χ3v) is 3.85. The fourth-order valence-corrected chi connectivity index (χ4v) is 2.55. The Morgan fingerprint density at radius 2 is 1.68 bits per heavy atom. The van der Waals surface area contributed by atoms with E-state index in [2.05, 4.69) is 10.5 Å². The van der Waals surface area contributed by atoms with Crippen molar-refractivity contribution >= 4 is 22.4 Å². The molecule has 1 amide bonds. The second-order valence-corrected chi connectivity index (χ2v) is 5.61. The molecule has 0 aromatic heterocycles. The van der Waals surface area contributed by atoms with E-state index >= 15 is 0 Å². The Labute approximate surface area is 147 Å². The standard InChI is InChI=1S/C21H20N2O2/c1-2-20(17-9-4-3-5-10-17)22-23-21(24)15-25-19-13-12-16-8-6-7-11-18(16)14-19/h3-14H,2,15H2,1H3,(H,23,24). The molecule has 0 heterocycles. The second-order valence-electron chi connectivity index (χ2n) is 5.61. The van der Waals surface area contributed by atoms with Crippen molar-refractivity contribution in [1.82, 2.24) is 5.43 Å². The lowest BCUT2D eigenvalue weighted by Crippen LogP contribution is -2.26.